The number of aromatic nitrogens is 1. The average Bonchev–Trinajstić information content (AvgIpc) is 2.96. The van der Waals surface area contributed by atoms with Gasteiger partial charge in [-0.2, -0.15) is 0 Å². The third kappa shape index (κ3) is 3.03. The largest absolute Gasteiger partial charge is 0.314 e. The molecule has 0 spiro atoms. The van der Waals surface area contributed by atoms with Crippen molar-refractivity contribution in [3.63, 3.8) is 0 Å². The van der Waals surface area contributed by atoms with E-state index in [1.54, 1.807) is 11.3 Å². The highest BCUT2D eigenvalue weighted by molar-refractivity contribution is 7.13. The minimum Gasteiger partial charge on any atom is -0.314 e. The van der Waals surface area contributed by atoms with Crippen molar-refractivity contribution in [1.29, 1.82) is 0 Å². The Morgan fingerprint density at radius 1 is 1.32 bits per heavy atom. The van der Waals surface area contributed by atoms with Crippen LogP contribution < -0.4 is 5.32 Å². The fourth-order valence-corrected chi connectivity index (χ4v) is 3.20. The number of rotatable bonds is 3. The summed E-state index contributed by atoms with van der Waals surface area (Å²) in [7, 11) is 0. The number of nitrogens with one attached hydrogen (secondary N) is 1. The van der Waals surface area contributed by atoms with Crippen LogP contribution in [0, 0.1) is 6.92 Å². The second-order valence-corrected chi connectivity index (χ2v) is 5.91. The van der Waals surface area contributed by atoms with Crippen molar-refractivity contribution in [2.45, 2.75) is 13.5 Å². The predicted molar refractivity (Wildman–Crippen MR) is 80.4 cm³/mol. The van der Waals surface area contributed by atoms with Gasteiger partial charge in [0.2, 0.25) is 0 Å². The molecule has 0 radical (unpaired) electrons. The molecule has 1 aliphatic heterocycles. The smallest absolute Gasteiger partial charge is 0.123 e. The zero-order valence-corrected chi connectivity index (χ0v) is 12.0. The molecule has 19 heavy (non-hydrogen) atoms. The molecular weight excluding hydrogens is 254 g/mol. The van der Waals surface area contributed by atoms with Crippen LogP contribution in [0.3, 0.4) is 0 Å². The number of hydrogen-bond acceptors (Lipinski definition) is 4. The van der Waals surface area contributed by atoms with Crippen LogP contribution in [-0.4, -0.2) is 36.1 Å². The maximum Gasteiger partial charge on any atom is 0.123 e. The van der Waals surface area contributed by atoms with E-state index in [0.29, 0.717) is 0 Å². The minimum absolute atomic E-state index is 1.04. The Morgan fingerprint density at radius 3 is 2.89 bits per heavy atom. The van der Waals surface area contributed by atoms with Gasteiger partial charge in [0.05, 0.1) is 0 Å². The molecule has 2 aromatic rings. The summed E-state index contributed by atoms with van der Waals surface area (Å²) in [5.74, 6) is 0. The van der Waals surface area contributed by atoms with Crippen LogP contribution >= 0.6 is 11.3 Å². The number of benzene rings is 1. The van der Waals surface area contributed by atoms with Crippen LogP contribution in [0.5, 0.6) is 0 Å². The topological polar surface area (TPSA) is 28.2 Å². The standard InChI is InChI=1S/C15H19N3S/c1-12-2-3-13(11-18-7-4-16-5-8-18)10-14(12)15-17-6-9-19-15/h2-3,6,9-10,16H,4-5,7-8,11H2,1H3. The van der Waals surface area contributed by atoms with E-state index in [9.17, 15) is 0 Å². The molecule has 2 heterocycles. The highest BCUT2D eigenvalue weighted by Gasteiger charge is 2.11. The lowest BCUT2D eigenvalue weighted by molar-refractivity contribution is 0.233. The third-order valence-electron chi connectivity index (χ3n) is 3.58. The molecule has 0 saturated carbocycles. The molecule has 0 atom stereocenters. The van der Waals surface area contributed by atoms with Crippen LogP contribution in [0.1, 0.15) is 11.1 Å². The van der Waals surface area contributed by atoms with Gasteiger partial charge < -0.3 is 5.32 Å². The first-order valence-electron chi connectivity index (χ1n) is 6.75. The van der Waals surface area contributed by atoms with Gasteiger partial charge in [-0.15, -0.1) is 11.3 Å². The molecule has 0 amide bonds. The third-order valence-corrected chi connectivity index (χ3v) is 4.39. The Hall–Kier alpha value is -1.23. The lowest BCUT2D eigenvalue weighted by atomic mass is 10.0. The molecule has 0 unspecified atom stereocenters. The van der Waals surface area contributed by atoms with Gasteiger partial charge in [-0.05, 0) is 24.1 Å². The van der Waals surface area contributed by atoms with Gasteiger partial charge in [0.1, 0.15) is 5.01 Å². The van der Waals surface area contributed by atoms with E-state index in [-0.39, 0.29) is 0 Å². The van der Waals surface area contributed by atoms with Crippen molar-refractivity contribution in [3.05, 3.63) is 40.9 Å². The normalized spacial score (nSPS) is 16.7. The van der Waals surface area contributed by atoms with E-state index < -0.39 is 0 Å². The molecule has 1 aliphatic rings. The number of piperazine rings is 1. The second-order valence-electron chi connectivity index (χ2n) is 5.01. The summed E-state index contributed by atoms with van der Waals surface area (Å²) in [5, 5.41) is 6.56. The Kier molecular flexibility index (Phi) is 3.92. The fraction of sp³-hybridized carbons (Fsp3) is 0.400. The molecule has 1 aromatic carbocycles. The number of nitrogens with zero attached hydrogens (tertiary/aromatic N) is 2. The summed E-state index contributed by atoms with van der Waals surface area (Å²) in [6.45, 7) is 7.68. The molecule has 1 fully saturated rings. The van der Waals surface area contributed by atoms with Crippen molar-refractivity contribution < 1.29 is 0 Å². The second kappa shape index (κ2) is 5.82. The van der Waals surface area contributed by atoms with E-state index in [0.717, 1.165) is 37.7 Å². The lowest BCUT2D eigenvalue weighted by Gasteiger charge is -2.27. The SMILES string of the molecule is Cc1ccc(CN2CCNCC2)cc1-c1nccs1. The average molecular weight is 273 g/mol. The van der Waals surface area contributed by atoms with Crippen LogP contribution in [-0.2, 0) is 6.54 Å². The molecule has 4 heteroatoms. The van der Waals surface area contributed by atoms with E-state index in [1.165, 1.54) is 16.7 Å². The highest BCUT2D eigenvalue weighted by Crippen LogP contribution is 2.26. The Labute approximate surface area is 118 Å². The van der Waals surface area contributed by atoms with Crippen LogP contribution in [0.25, 0.3) is 10.6 Å². The first-order valence-corrected chi connectivity index (χ1v) is 7.63. The molecule has 3 nitrogen and oxygen atoms in total. The van der Waals surface area contributed by atoms with Gasteiger partial charge in [-0.1, -0.05) is 12.1 Å². The van der Waals surface area contributed by atoms with Crippen molar-refractivity contribution in [3.8, 4) is 10.6 Å². The molecule has 100 valence electrons. The molecular formula is C15H19N3S. The molecule has 1 N–H and O–H groups in total. The molecule has 0 aliphatic carbocycles. The Balaban J connectivity index is 1.81. The fourth-order valence-electron chi connectivity index (χ4n) is 2.48. The molecule has 3 rings (SSSR count). The molecule has 1 aromatic heterocycles. The quantitative estimate of drug-likeness (QED) is 0.931. The summed E-state index contributed by atoms with van der Waals surface area (Å²) >= 11 is 1.71. The van der Waals surface area contributed by atoms with Crippen molar-refractivity contribution in [2.24, 2.45) is 0 Å². The number of aryl methyl sites for hydroxylation is 1. The zero-order valence-electron chi connectivity index (χ0n) is 11.2. The summed E-state index contributed by atoms with van der Waals surface area (Å²) in [5.41, 5.74) is 3.97. The van der Waals surface area contributed by atoms with Crippen LogP contribution in [0.4, 0.5) is 0 Å². The monoisotopic (exact) mass is 273 g/mol. The van der Waals surface area contributed by atoms with Crippen molar-refractivity contribution in [2.75, 3.05) is 26.2 Å². The minimum atomic E-state index is 1.04. The summed E-state index contributed by atoms with van der Waals surface area (Å²) in [4.78, 5) is 6.94. The highest BCUT2D eigenvalue weighted by atomic mass is 32.1. The lowest BCUT2D eigenvalue weighted by Crippen LogP contribution is -2.42. The maximum absolute atomic E-state index is 4.43. The van der Waals surface area contributed by atoms with Crippen LogP contribution in [0.15, 0.2) is 29.8 Å². The molecule has 0 bridgehead atoms. The van der Waals surface area contributed by atoms with Gasteiger partial charge in [-0.25, -0.2) is 4.98 Å². The summed E-state index contributed by atoms with van der Waals surface area (Å²) < 4.78 is 0. The molecule has 1 saturated heterocycles. The first-order chi connectivity index (χ1) is 9.33. The Bertz CT molecular complexity index is 530. The zero-order chi connectivity index (χ0) is 13.1. The van der Waals surface area contributed by atoms with Crippen LogP contribution in [0.2, 0.25) is 0 Å². The van der Waals surface area contributed by atoms with Gasteiger partial charge >= 0.3 is 0 Å². The van der Waals surface area contributed by atoms with Crippen molar-refractivity contribution >= 4 is 11.3 Å². The van der Waals surface area contributed by atoms with Gasteiger partial charge in [-0.3, -0.25) is 4.90 Å². The van der Waals surface area contributed by atoms with E-state index >= 15 is 0 Å². The number of hydrogen-bond donors (Lipinski definition) is 1. The van der Waals surface area contributed by atoms with Gasteiger partial charge in [0.15, 0.2) is 0 Å². The first kappa shape index (κ1) is 12.8. The van der Waals surface area contributed by atoms with E-state index in [1.807, 2.05) is 11.6 Å². The summed E-state index contributed by atoms with van der Waals surface area (Å²) in [6, 6.07) is 6.76. The summed E-state index contributed by atoms with van der Waals surface area (Å²) in [6.07, 6.45) is 1.88. The number of thiazole rings is 1. The van der Waals surface area contributed by atoms with E-state index in [2.05, 4.69) is 40.3 Å². The predicted octanol–water partition coefficient (Wildman–Crippen LogP) is 2.52. The Morgan fingerprint density at radius 2 is 2.16 bits per heavy atom. The van der Waals surface area contributed by atoms with Gasteiger partial charge in [0.25, 0.3) is 0 Å². The van der Waals surface area contributed by atoms with Crippen molar-refractivity contribution in [1.82, 2.24) is 15.2 Å². The van der Waals surface area contributed by atoms with Gasteiger partial charge in [0, 0.05) is 49.9 Å². The van der Waals surface area contributed by atoms with E-state index in [4.69, 9.17) is 0 Å². The maximum atomic E-state index is 4.43.